The second-order valence-corrected chi connectivity index (χ2v) is 8.37. The number of primary amides is 2. The molecule has 0 saturated heterocycles. The highest BCUT2D eigenvalue weighted by molar-refractivity contribution is 5.96. The van der Waals surface area contributed by atoms with Crippen molar-refractivity contribution in [2.75, 3.05) is 13.1 Å². The highest BCUT2D eigenvalue weighted by Gasteiger charge is 2.31. The van der Waals surface area contributed by atoms with Crippen LogP contribution in [-0.2, 0) is 28.8 Å². The molecule has 36 heavy (non-hydrogen) atoms. The van der Waals surface area contributed by atoms with E-state index in [1.807, 2.05) is 0 Å². The first-order chi connectivity index (χ1) is 16.9. The third-order valence-corrected chi connectivity index (χ3v) is 5.22. The Hall–Kier alpha value is -3.30. The molecule has 15 nitrogen and oxygen atoms in total. The Balaban J connectivity index is 5.47. The van der Waals surface area contributed by atoms with Crippen molar-refractivity contribution < 1.29 is 33.9 Å². The quantitative estimate of drug-likeness (QED) is 0.0712. The normalized spacial score (nSPS) is 14.1. The van der Waals surface area contributed by atoms with Gasteiger partial charge in [0, 0.05) is 6.42 Å². The van der Waals surface area contributed by atoms with Crippen LogP contribution in [0, 0.1) is 0 Å². The molecule has 5 amide bonds. The molecule has 0 aromatic carbocycles. The SMILES string of the molecule is NCCCCC(N)C(=O)NC(CCCCN)C(=O)NC(CC(N)=O)C(=O)NC(CCC(N)=O)C(=O)O. The van der Waals surface area contributed by atoms with Gasteiger partial charge in [-0.15, -0.1) is 0 Å². The molecule has 0 aromatic heterocycles. The van der Waals surface area contributed by atoms with E-state index in [1.165, 1.54) is 0 Å². The van der Waals surface area contributed by atoms with Crippen LogP contribution < -0.4 is 44.6 Å². The first kappa shape index (κ1) is 32.7. The average Bonchev–Trinajstić information content (AvgIpc) is 2.79. The van der Waals surface area contributed by atoms with Crippen LogP contribution in [0.15, 0.2) is 0 Å². The maximum atomic E-state index is 13.0. The number of aliphatic carboxylic acids is 1. The van der Waals surface area contributed by atoms with Crippen molar-refractivity contribution in [1.82, 2.24) is 16.0 Å². The summed E-state index contributed by atoms with van der Waals surface area (Å²) in [6.45, 7) is 0.808. The monoisotopic (exact) mass is 516 g/mol. The van der Waals surface area contributed by atoms with Gasteiger partial charge in [-0.25, -0.2) is 4.79 Å². The number of rotatable bonds is 20. The lowest BCUT2D eigenvalue weighted by Crippen LogP contribution is -2.57. The standard InChI is InChI=1S/C21H40N8O7/c22-9-3-1-5-12(24)18(32)27-13(6-2-4-10-23)19(33)29-15(11-17(26)31)20(34)28-14(21(35)36)7-8-16(25)30/h12-15H,1-11,22-24H2,(H2,25,30)(H2,26,31)(H,27,32)(H,28,34)(H,29,33)(H,35,36). The van der Waals surface area contributed by atoms with Crippen molar-refractivity contribution in [1.29, 1.82) is 0 Å². The predicted molar refractivity (Wildman–Crippen MR) is 129 cm³/mol. The summed E-state index contributed by atoms with van der Waals surface area (Å²) in [6.07, 6.45) is 1.62. The molecule has 0 spiro atoms. The Labute approximate surface area is 209 Å². The molecule has 0 heterocycles. The first-order valence-corrected chi connectivity index (χ1v) is 11.8. The molecular formula is C21H40N8O7. The summed E-state index contributed by atoms with van der Waals surface area (Å²) in [4.78, 5) is 72.1. The fraction of sp³-hybridized carbons (Fsp3) is 0.714. The lowest BCUT2D eigenvalue weighted by atomic mass is 10.0. The average molecular weight is 517 g/mol. The molecule has 15 heteroatoms. The molecule has 0 aliphatic heterocycles. The molecular weight excluding hydrogens is 476 g/mol. The maximum Gasteiger partial charge on any atom is 0.326 e. The first-order valence-electron chi connectivity index (χ1n) is 11.8. The van der Waals surface area contributed by atoms with E-state index < -0.39 is 66.1 Å². The molecule has 14 N–H and O–H groups in total. The predicted octanol–water partition coefficient (Wildman–Crippen LogP) is -3.75. The van der Waals surface area contributed by atoms with Crippen LogP contribution in [0.25, 0.3) is 0 Å². The number of carbonyl (C=O) groups is 6. The smallest absolute Gasteiger partial charge is 0.326 e. The van der Waals surface area contributed by atoms with Crippen LogP contribution in [0.4, 0.5) is 0 Å². The van der Waals surface area contributed by atoms with Crippen LogP contribution in [0.3, 0.4) is 0 Å². The van der Waals surface area contributed by atoms with Gasteiger partial charge in [0.15, 0.2) is 0 Å². The van der Waals surface area contributed by atoms with Crippen molar-refractivity contribution >= 4 is 35.5 Å². The van der Waals surface area contributed by atoms with Crippen LogP contribution in [0.2, 0.25) is 0 Å². The van der Waals surface area contributed by atoms with Gasteiger partial charge >= 0.3 is 5.97 Å². The minimum absolute atomic E-state index is 0.172. The molecule has 0 fully saturated rings. The molecule has 206 valence electrons. The molecule has 0 aliphatic carbocycles. The van der Waals surface area contributed by atoms with E-state index in [-0.39, 0.29) is 19.3 Å². The zero-order chi connectivity index (χ0) is 27.7. The van der Waals surface area contributed by atoms with Gasteiger partial charge in [-0.05, 0) is 51.6 Å². The summed E-state index contributed by atoms with van der Waals surface area (Å²) in [5.41, 5.74) is 27.0. The lowest BCUT2D eigenvalue weighted by Gasteiger charge is -2.25. The maximum absolute atomic E-state index is 13.0. The second-order valence-electron chi connectivity index (χ2n) is 8.37. The number of hydrogen-bond acceptors (Lipinski definition) is 9. The van der Waals surface area contributed by atoms with Crippen LogP contribution in [0.1, 0.15) is 57.8 Å². The molecule has 0 aromatic rings. The lowest BCUT2D eigenvalue weighted by molar-refractivity contribution is -0.142. The van der Waals surface area contributed by atoms with E-state index in [2.05, 4.69) is 16.0 Å². The Kier molecular flexibility index (Phi) is 16.4. The van der Waals surface area contributed by atoms with E-state index in [4.69, 9.17) is 28.7 Å². The summed E-state index contributed by atoms with van der Waals surface area (Å²) >= 11 is 0. The summed E-state index contributed by atoms with van der Waals surface area (Å²) in [5.74, 6) is -5.53. The number of carboxylic acid groups (broad SMARTS) is 1. The second kappa shape index (κ2) is 18.0. The van der Waals surface area contributed by atoms with Gasteiger partial charge in [0.2, 0.25) is 29.5 Å². The minimum Gasteiger partial charge on any atom is -0.480 e. The molecule has 4 atom stereocenters. The number of carbonyl (C=O) groups excluding carboxylic acids is 5. The van der Waals surface area contributed by atoms with Gasteiger partial charge in [0.1, 0.15) is 18.1 Å². The van der Waals surface area contributed by atoms with Crippen molar-refractivity contribution in [2.24, 2.45) is 28.7 Å². The highest BCUT2D eigenvalue weighted by Crippen LogP contribution is 2.06. The number of nitrogens with two attached hydrogens (primary N) is 5. The van der Waals surface area contributed by atoms with Crippen LogP contribution >= 0.6 is 0 Å². The summed E-state index contributed by atoms with van der Waals surface area (Å²) < 4.78 is 0. The molecule has 0 aliphatic rings. The van der Waals surface area contributed by atoms with E-state index in [1.54, 1.807) is 0 Å². The zero-order valence-corrected chi connectivity index (χ0v) is 20.4. The van der Waals surface area contributed by atoms with Crippen LogP contribution in [0.5, 0.6) is 0 Å². The Morgan fingerprint density at radius 3 is 1.64 bits per heavy atom. The largest absolute Gasteiger partial charge is 0.480 e. The van der Waals surface area contributed by atoms with Gasteiger partial charge in [0.05, 0.1) is 12.5 Å². The van der Waals surface area contributed by atoms with E-state index in [0.717, 1.165) is 0 Å². The van der Waals surface area contributed by atoms with Crippen LogP contribution in [-0.4, -0.2) is 77.9 Å². The number of amides is 5. The number of carboxylic acids is 1. The third kappa shape index (κ3) is 14.2. The summed E-state index contributed by atoms with van der Waals surface area (Å²) in [5, 5.41) is 16.3. The zero-order valence-electron chi connectivity index (χ0n) is 20.4. The Morgan fingerprint density at radius 1 is 0.639 bits per heavy atom. The Morgan fingerprint density at radius 2 is 1.14 bits per heavy atom. The molecule has 0 bridgehead atoms. The number of hydrogen-bond donors (Lipinski definition) is 9. The summed E-state index contributed by atoms with van der Waals surface area (Å²) in [6, 6.07) is -5.01. The fourth-order valence-electron chi connectivity index (χ4n) is 3.18. The molecule has 4 unspecified atom stereocenters. The van der Waals surface area contributed by atoms with Crippen molar-refractivity contribution in [3.05, 3.63) is 0 Å². The van der Waals surface area contributed by atoms with Crippen molar-refractivity contribution in [3.63, 3.8) is 0 Å². The molecule has 0 saturated carbocycles. The van der Waals surface area contributed by atoms with Crippen molar-refractivity contribution in [2.45, 2.75) is 82.0 Å². The van der Waals surface area contributed by atoms with Gasteiger partial charge in [-0.2, -0.15) is 0 Å². The number of nitrogens with one attached hydrogen (secondary N) is 3. The summed E-state index contributed by atoms with van der Waals surface area (Å²) in [7, 11) is 0. The minimum atomic E-state index is -1.53. The third-order valence-electron chi connectivity index (χ3n) is 5.22. The fourth-order valence-corrected chi connectivity index (χ4v) is 3.18. The molecule has 0 radical (unpaired) electrons. The van der Waals surface area contributed by atoms with Crippen molar-refractivity contribution in [3.8, 4) is 0 Å². The molecule has 0 rings (SSSR count). The topological polar surface area (TPSA) is 289 Å². The van der Waals surface area contributed by atoms with Gasteiger partial charge in [-0.3, -0.25) is 24.0 Å². The van der Waals surface area contributed by atoms with Gasteiger partial charge < -0.3 is 49.7 Å². The van der Waals surface area contributed by atoms with E-state index >= 15 is 0 Å². The van der Waals surface area contributed by atoms with Gasteiger partial charge in [0.25, 0.3) is 0 Å². The van der Waals surface area contributed by atoms with E-state index in [9.17, 15) is 33.9 Å². The Bertz CT molecular complexity index is 765. The van der Waals surface area contributed by atoms with Gasteiger partial charge in [-0.1, -0.05) is 6.42 Å². The number of unbranched alkanes of at least 4 members (excludes halogenated alkanes) is 2. The highest BCUT2D eigenvalue weighted by atomic mass is 16.4. The van der Waals surface area contributed by atoms with E-state index in [0.29, 0.717) is 45.2 Å².